The van der Waals surface area contributed by atoms with E-state index < -0.39 is 17.1 Å². The SMILES string of the molecule is O=C(Cn1c2c(sc1=O)[C@@H](c1ccco1)[C@@H]1C(=O)N(c3ccccc3)C(=O)[C@@H]1S2)Nc1ccc2ccccc2c1. The molecule has 2 aliphatic rings. The third-order valence-electron chi connectivity index (χ3n) is 7.25. The van der Waals surface area contributed by atoms with Crippen LogP contribution in [0.5, 0.6) is 0 Å². The van der Waals surface area contributed by atoms with E-state index in [0.29, 0.717) is 27.0 Å². The lowest BCUT2D eigenvalue weighted by Gasteiger charge is -2.29. The zero-order valence-electron chi connectivity index (χ0n) is 20.9. The first-order chi connectivity index (χ1) is 19.5. The van der Waals surface area contributed by atoms with Crippen LogP contribution >= 0.6 is 23.1 Å². The van der Waals surface area contributed by atoms with Gasteiger partial charge in [-0.05, 0) is 47.2 Å². The molecule has 198 valence electrons. The zero-order chi connectivity index (χ0) is 27.4. The fourth-order valence-electron chi connectivity index (χ4n) is 5.47. The number of thiazole rings is 1. The van der Waals surface area contributed by atoms with Crippen LogP contribution < -0.4 is 15.1 Å². The Balaban J connectivity index is 1.24. The number of nitrogens with zero attached hydrogens (tertiary/aromatic N) is 2. The molecule has 5 aromatic rings. The number of carbonyl (C=O) groups is 3. The molecular weight excluding hydrogens is 546 g/mol. The van der Waals surface area contributed by atoms with Crippen LogP contribution in [-0.4, -0.2) is 27.5 Å². The van der Waals surface area contributed by atoms with E-state index in [0.717, 1.165) is 22.1 Å². The second-order valence-electron chi connectivity index (χ2n) is 9.64. The molecule has 0 saturated carbocycles. The van der Waals surface area contributed by atoms with Gasteiger partial charge in [-0.2, -0.15) is 0 Å². The molecule has 40 heavy (non-hydrogen) atoms. The summed E-state index contributed by atoms with van der Waals surface area (Å²) in [5, 5.41) is 4.68. The number of aromatic nitrogens is 1. The number of para-hydroxylation sites is 1. The quantitative estimate of drug-likeness (QED) is 0.297. The van der Waals surface area contributed by atoms with Gasteiger partial charge in [0.25, 0.3) is 0 Å². The number of benzene rings is 3. The average Bonchev–Trinajstić information content (AvgIpc) is 3.66. The van der Waals surface area contributed by atoms with Crippen molar-refractivity contribution in [3.63, 3.8) is 0 Å². The highest BCUT2D eigenvalue weighted by Gasteiger charge is 2.57. The molecule has 3 atom stereocenters. The fourth-order valence-corrected chi connectivity index (χ4v) is 8.23. The number of amides is 3. The number of thioether (sulfide) groups is 1. The molecule has 3 amide bonds. The summed E-state index contributed by atoms with van der Waals surface area (Å²) in [5.74, 6) is -1.91. The minimum absolute atomic E-state index is 0.225. The first-order valence-electron chi connectivity index (χ1n) is 12.6. The van der Waals surface area contributed by atoms with E-state index in [1.54, 1.807) is 36.4 Å². The molecule has 1 N–H and O–H groups in total. The highest BCUT2D eigenvalue weighted by molar-refractivity contribution is 8.00. The van der Waals surface area contributed by atoms with Crippen LogP contribution in [0.4, 0.5) is 11.4 Å². The highest BCUT2D eigenvalue weighted by atomic mass is 32.2. The topological polar surface area (TPSA) is 102 Å². The smallest absolute Gasteiger partial charge is 0.308 e. The average molecular weight is 568 g/mol. The van der Waals surface area contributed by atoms with E-state index in [-0.39, 0.29) is 29.1 Å². The Morgan fingerprint density at radius 1 is 0.875 bits per heavy atom. The Morgan fingerprint density at radius 3 is 2.42 bits per heavy atom. The Labute approximate surface area is 236 Å². The maximum atomic E-state index is 13.7. The van der Waals surface area contributed by atoms with Crippen molar-refractivity contribution in [2.45, 2.75) is 22.7 Å². The molecule has 2 aromatic heterocycles. The van der Waals surface area contributed by atoms with E-state index in [1.165, 1.54) is 27.5 Å². The van der Waals surface area contributed by atoms with Crippen molar-refractivity contribution in [2.24, 2.45) is 5.92 Å². The first-order valence-corrected chi connectivity index (χ1v) is 14.3. The van der Waals surface area contributed by atoms with E-state index in [1.807, 2.05) is 48.5 Å². The van der Waals surface area contributed by atoms with Crippen LogP contribution in [0.15, 0.2) is 105 Å². The fraction of sp³-hybridized carbons (Fsp3) is 0.133. The number of carbonyl (C=O) groups excluding carboxylic acids is 3. The molecule has 7 rings (SSSR count). The largest absolute Gasteiger partial charge is 0.469 e. The number of hydrogen-bond donors (Lipinski definition) is 1. The summed E-state index contributed by atoms with van der Waals surface area (Å²) in [5.41, 5.74) is 1.12. The number of nitrogens with one attached hydrogen (secondary N) is 1. The van der Waals surface area contributed by atoms with Crippen LogP contribution in [0, 0.1) is 5.92 Å². The van der Waals surface area contributed by atoms with Gasteiger partial charge in [0.15, 0.2) is 0 Å². The molecule has 1 fully saturated rings. The molecule has 10 heteroatoms. The summed E-state index contributed by atoms with van der Waals surface area (Å²) < 4.78 is 7.13. The van der Waals surface area contributed by atoms with Gasteiger partial charge < -0.3 is 9.73 Å². The number of hydrogen-bond acceptors (Lipinski definition) is 7. The zero-order valence-corrected chi connectivity index (χ0v) is 22.5. The van der Waals surface area contributed by atoms with Crippen LogP contribution in [-0.2, 0) is 20.9 Å². The van der Waals surface area contributed by atoms with E-state index in [2.05, 4.69) is 5.32 Å². The number of fused-ring (bicyclic) bond motifs is 3. The molecule has 8 nitrogen and oxygen atoms in total. The number of anilines is 2. The summed E-state index contributed by atoms with van der Waals surface area (Å²) in [6.45, 7) is -0.225. The van der Waals surface area contributed by atoms with Crippen LogP contribution in [0.25, 0.3) is 10.8 Å². The van der Waals surface area contributed by atoms with Gasteiger partial charge in [0.2, 0.25) is 17.7 Å². The molecule has 2 aliphatic heterocycles. The predicted molar refractivity (Wildman–Crippen MR) is 154 cm³/mol. The van der Waals surface area contributed by atoms with Gasteiger partial charge in [0, 0.05) is 5.69 Å². The Morgan fingerprint density at radius 2 is 1.65 bits per heavy atom. The lowest BCUT2D eigenvalue weighted by atomic mass is 9.87. The number of rotatable bonds is 5. The van der Waals surface area contributed by atoms with Crippen LogP contribution in [0.1, 0.15) is 16.6 Å². The highest BCUT2D eigenvalue weighted by Crippen LogP contribution is 2.53. The molecule has 0 radical (unpaired) electrons. The molecular formula is C30H21N3O5S2. The summed E-state index contributed by atoms with van der Waals surface area (Å²) in [6, 6.07) is 25.8. The van der Waals surface area contributed by atoms with Crippen LogP contribution in [0.3, 0.4) is 0 Å². The lowest BCUT2D eigenvalue weighted by molar-refractivity contribution is -0.122. The summed E-state index contributed by atoms with van der Waals surface area (Å²) >= 11 is 2.16. The minimum atomic E-state index is -0.765. The van der Waals surface area contributed by atoms with Gasteiger partial charge in [-0.15, -0.1) is 0 Å². The molecule has 0 aliphatic carbocycles. The van der Waals surface area contributed by atoms with Crippen molar-refractivity contribution < 1.29 is 18.8 Å². The van der Waals surface area contributed by atoms with Gasteiger partial charge in [0.05, 0.1) is 33.7 Å². The lowest BCUT2D eigenvalue weighted by Crippen LogP contribution is -2.32. The Hall–Kier alpha value is -4.41. The Bertz CT molecular complexity index is 1840. The van der Waals surface area contributed by atoms with E-state index >= 15 is 0 Å². The molecule has 1 saturated heterocycles. The molecule has 0 unspecified atom stereocenters. The molecule has 0 spiro atoms. The summed E-state index contributed by atoms with van der Waals surface area (Å²) in [4.78, 5) is 55.3. The van der Waals surface area contributed by atoms with Crippen molar-refractivity contribution in [3.8, 4) is 0 Å². The van der Waals surface area contributed by atoms with Gasteiger partial charge in [-0.25, -0.2) is 4.90 Å². The standard InChI is InChI=1S/C30H21N3O5S2/c34-22(31-19-13-12-17-7-4-5-8-18(17)15-19)16-32-29-26(40-30(32)37)23(21-11-6-14-38-21)24-25(39-29)28(36)33(27(24)35)20-9-2-1-3-10-20/h1-15,23-25H,16H2,(H,31,34)/t23-,24-,25+/m0/s1. The predicted octanol–water partition coefficient (Wildman–Crippen LogP) is 5.09. The van der Waals surface area contributed by atoms with E-state index in [4.69, 9.17) is 4.42 Å². The maximum Gasteiger partial charge on any atom is 0.308 e. The van der Waals surface area contributed by atoms with Crippen molar-refractivity contribution >= 4 is 63.0 Å². The van der Waals surface area contributed by atoms with Gasteiger partial charge in [-0.1, -0.05) is 71.6 Å². The normalized spacial score (nSPS) is 20.0. The monoisotopic (exact) mass is 567 g/mol. The minimum Gasteiger partial charge on any atom is -0.469 e. The number of imide groups is 1. The van der Waals surface area contributed by atoms with Crippen LogP contribution in [0.2, 0.25) is 0 Å². The second-order valence-corrected chi connectivity index (χ2v) is 11.8. The first kappa shape index (κ1) is 24.6. The van der Waals surface area contributed by atoms with Gasteiger partial charge in [0.1, 0.15) is 17.6 Å². The van der Waals surface area contributed by atoms with Crippen molar-refractivity contribution in [3.05, 3.63) is 111 Å². The Kier molecular flexibility index (Phi) is 5.94. The van der Waals surface area contributed by atoms with Crippen molar-refractivity contribution in [1.82, 2.24) is 4.57 Å². The maximum absolute atomic E-state index is 13.7. The van der Waals surface area contributed by atoms with Crippen molar-refractivity contribution in [2.75, 3.05) is 10.2 Å². The van der Waals surface area contributed by atoms with E-state index in [9.17, 15) is 19.2 Å². The van der Waals surface area contributed by atoms with Gasteiger partial charge in [-0.3, -0.25) is 23.7 Å². The summed E-state index contributed by atoms with van der Waals surface area (Å²) in [7, 11) is 0. The van der Waals surface area contributed by atoms with Gasteiger partial charge >= 0.3 is 4.87 Å². The third-order valence-corrected chi connectivity index (χ3v) is 9.85. The summed E-state index contributed by atoms with van der Waals surface area (Å²) in [6.07, 6.45) is 1.51. The third kappa shape index (κ3) is 3.99. The molecule has 4 heterocycles. The molecule has 3 aromatic carbocycles. The second kappa shape index (κ2) is 9.65. The van der Waals surface area contributed by atoms with Crippen molar-refractivity contribution in [1.29, 1.82) is 0 Å². The number of furan rings is 1. The molecule has 0 bridgehead atoms.